The molecule has 5 N–H and O–H groups in total. The molecule has 5 heterocycles. The summed E-state index contributed by atoms with van der Waals surface area (Å²) < 4.78 is 5.31. The number of benzene rings is 3. The van der Waals surface area contributed by atoms with Crippen molar-refractivity contribution in [2.24, 2.45) is 5.73 Å². The number of hydrogen-bond acceptors (Lipinski definition) is 9. The van der Waals surface area contributed by atoms with E-state index in [0.717, 1.165) is 78.2 Å². The summed E-state index contributed by atoms with van der Waals surface area (Å²) in [4.78, 5) is 69.2. The van der Waals surface area contributed by atoms with Crippen LogP contribution >= 0.6 is 0 Å². The number of imidazole rings is 2. The van der Waals surface area contributed by atoms with E-state index in [1.54, 1.807) is 62.0 Å². The molecular formula is C45H48N10O4. The Labute approximate surface area is 342 Å². The largest absolute Gasteiger partial charge is 0.428 e. The predicted molar refractivity (Wildman–Crippen MR) is 222 cm³/mol. The molecule has 0 aliphatic carbocycles. The maximum absolute atomic E-state index is 14.3. The maximum Gasteiger partial charge on any atom is 0.405 e. The number of nitrogens with one attached hydrogen (secondary N) is 3. The Bertz CT molecular complexity index is 2380. The summed E-state index contributed by atoms with van der Waals surface area (Å²) in [6.07, 6.45) is 11.2. The first-order chi connectivity index (χ1) is 28.7. The van der Waals surface area contributed by atoms with E-state index in [4.69, 9.17) is 15.5 Å². The highest BCUT2D eigenvalue weighted by atomic mass is 16.6. The van der Waals surface area contributed by atoms with Crippen LogP contribution in [0, 0.1) is 0 Å². The molecule has 14 heteroatoms. The van der Waals surface area contributed by atoms with E-state index in [9.17, 15) is 14.4 Å². The van der Waals surface area contributed by atoms with Gasteiger partial charge in [0, 0.05) is 35.6 Å². The van der Waals surface area contributed by atoms with Crippen LogP contribution in [-0.2, 0) is 19.9 Å². The van der Waals surface area contributed by atoms with Crippen molar-refractivity contribution in [3.63, 3.8) is 0 Å². The van der Waals surface area contributed by atoms with E-state index in [-0.39, 0.29) is 18.0 Å². The van der Waals surface area contributed by atoms with Crippen LogP contribution in [0.4, 0.5) is 4.79 Å². The van der Waals surface area contributed by atoms with Crippen LogP contribution in [0.3, 0.4) is 0 Å². The average molecular weight is 793 g/mol. The number of piperidine rings is 1. The number of carbonyl (C=O) groups is 3. The highest BCUT2D eigenvalue weighted by Gasteiger charge is 2.41. The maximum atomic E-state index is 14.3. The van der Waals surface area contributed by atoms with Crippen molar-refractivity contribution in [1.82, 2.24) is 45.0 Å². The zero-order chi connectivity index (χ0) is 40.9. The van der Waals surface area contributed by atoms with Crippen molar-refractivity contribution >= 4 is 17.9 Å². The number of hydrogen-bond donors (Lipinski definition) is 4. The number of nitrogens with zero attached hydrogens (tertiary/aromatic N) is 6. The molecule has 2 aliphatic rings. The van der Waals surface area contributed by atoms with Gasteiger partial charge in [0.15, 0.2) is 5.82 Å². The molecule has 0 spiro atoms. The molecule has 2 saturated heterocycles. The fourth-order valence-corrected chi connectivity index (χ4v) is 8.16. The van der Waals surface area contributed by atoms with Gasteiger partial charge in [0.25, 0.3) is 5.91 Å². The van der Waals surface area contributed by atoms with Crippen molar-refractivity contribution < 1.29 is 19.1 Å². The van der Waals surface area contributed by atoms with Crippen molar-refractivity contribution in [2.75, 3.05) is 19.6 Å². The van der Waals surface area contributed by atoms with E-state index in [1.807, 2.05) is 47.4 Å². The highest BCUT2D eigenvalue weighted by Crippen LogP contribution is 2.36. The Balaban J connectivity index is 0.916. The minimum absolute atomic E-state index is 0.128. The Kier molecular flexibility index (Phi) is 11.3. The second kappa shape index (κ2) is 17.0. The zero-order valence-electron chi connectivity index (χ0n) is 33.2. The summed E-state index contributed by atoms with van der Waals surface area (Å²) in [5.41, 5.74) is 9.29. The number of rotatable bonds is 12. The Morgan fingerprint density at radius 3 is 2.10 bits per heavy atom. The van der Waals surface area contributed by atoms with Crippen molar-refractivity contribution in [2.45, 2.75) is 69.7 Å². The molecule has 3 aromatic carbocycles. The van der Waals surface area contributed by atoms with Gasteiger partial charge in [-0.15, -0.1) is 0 Å². The zero-order valence-corrected chi connectivity index (χ0v) is 33.2. The third-order valence-electron chi connectivity index (χ3n) is 11.4. The van der Waals surface area contributed by atoms with Gasteiger partial charge in [0.2, 0.25) is 11.5 Å². The van der Waals surface area contributed by atoms with Gasteiger partial charge in [-0.1, -0.05) is 91.3 Å². The average Bonchev–Trinajstić information content (AvgIpc) is 4.07. The number of likely N-dealkylation sites (tertiary alicyclic amines) is 2. The van der Waals surface area contributed by atoms with Crippen LogP contribution in [0.1, 0.15) is 86.9 Å². The molecule has 8 rings (SSSR count). The molecule has 3 aromatic heterocycles. The van der Waals surface area contributed by atoms with Gasteiger partial charge in [-0.2, -0.15) is 0 Å². The second-order valence-electron chi connectivity index (χ2n) is 15.4. The lowest BCUT2D eigenvalue weighted by Gasteiger charge is -2.37. The van der Waals surface area contributed by atoms with E-state index in [2.05, 4.69) is 47.3 Å². The fraction of sp³-hybridized carbons (Fsp3) is 0.311. The number of carbonyl (C=O) groups excluding carboxylic acids is 3. The number of nitrogens with two attached hydrogens (primary N) is 1. The molecule has 3 amide bonds. The van der Waals surface area contributed by atoms with Crippen LogP contribution in [0.2, 0.25) is 0 Å². The number of H-pyrrole nitrogens is 2. The number of ether oxygens (including phenoxy) is 1. The molecule has 2 fully saturated rings. The second-order valence-corrected chi connectivity index (χ2v) is 15.4. The molecule has 6 aromatic rings. The SMILES string of the molecule is C[C@H](NC(=O)[C@](C)(OC(N)=O)c1ccccc1)c1ncc(-c2ccc(-c3ncc(-c4cnc([C@@H]5CCCN5C(=O)[C@@H](c5ccccc5)N5CCCCC5)[nH]4)cn3)cc2)[nH]1. The topological polar surface area (TPSA) is 188 Å². The first kappa shape index (κ1) is 39.2. The standard InChI is InChI=1S/C45H48N10O4/c1-29(51-43(57)45(2,59-44(46)58)34-15-8-4-9-16-34)39-49-27-35(52-39)30-18-20-32(21-19-30)40-47-25-33(26-48-40)36-28-50-41(53-36)37-17-12-24-55(37)42(56)38(31-13-6-3-7-14-31)54-22-10-5-11-23-54/h3-4,6-9,13-16,18-21,25-29,37-38H,5,10-12,17,22-24H2,1-2H3,(H2,46,58)(H,49,52)(H,50,53)(H,51,57)/t29-,37-,38+,45+/m0/s1. The molecule has 14 nitrogen and oxygen atoms in total. The Morgan fingerprint density at radius 1 is 0.763 bits per heavy atom. The van der Waals surface area contributed by atoms with Crippen LogP contribution in [0.5, 0.6) is 0 Å². The van der Waals surface area contributed by atoms with Crippen LogP contribution < -0.4 is 11.1 Å². The minimum atomic E-state index is -1.63. The van der Waals surface area contributed by atoms with Gasteiger partial charge in [0.1, 0.15) is 17.7 Å². The van der Waals surface area contributed by atoms with Gasteiger partial charge >= 0.3 is 6.09 Å². The monoisotopic (exact) mass is 792 g/mol. The molecule has 0 saturated carbocycles. The van der Waals surface area contributed by atoms with Crippen molar-refractivity contribution in [1.29, 1.82) is 0 Å². The lowest BCUT2D eigenvalue weighted by atomic mass is 9.94. The molecule has 59 heavy (non-hydrogen) atoms. The van der Waals surface area contributed by atoms with Gasteiger partial charge in [-0.25, -0.2) is 24.7 Å². The lowest BCUT2D eigenvalue weighted by Crippen LogP contribution is -2.47. The summed E-state index contributed by atoms with van der Waals surface area (Å²) in [7, 11) is 0. The quantitative estimate of drug-likeness (QED) is 0.101. The van der Waals surface area contributed by atoms with Crippen molar-refractivity contribution in [3.05, 3.63) is 132 Å². The predicted octanol–water partition coefficient (Wildman–Crippen LogP) is 7.00. The number of aromatic nitrogens is 6. The first-order valence-corrected chi connectivity index (χ1v) is 20.2. The van der Waals surface area contributed by atoms with Crippen molar-refractivity contribution in [3.8, 4) is 33.9 Å². The fourth-order valence-electron chi connectivity index (χ4n) is 8.16. The van der Waals surface area contributed by atoms with E-state index in [1.165, 1.54) is 13.3 Å². The van der Waals surface area contributed by atoms with E-state index < -0.39 is 23.6 Å². The third-order valence-corrected chi connectivity index (χ3v) is 11.4. The van der Waals surface area contributed by atoms with Gasteiger partial charge in [0.05, 0.1) is 35.9 Å². The number of aromatic amines is 2. The summed E-state index contributed by atoms with van der Waals surface area (Å²) in [5, 5.41) is 2.89. The summed E-state index contributed by atoms with van der Waals surface area (Å²) >= 11 is 0. The number of amides is 3. The smallest absolute Gasteiger partial charge is 0.405 e. The molecule has 0 bridgehead atoms. The van der Waals surface area contributed by atoms with Crippen LogP contribution in [-0.4, -0.2) is 77.2 Å². The third kappa shape index (κ3) is 8.35. The summed E-state index contributed by atoms with van der Waals surface area (Å²) in [5.74, 6) is 1.47. The van der Waals surface area contributed by atoms with Crippen LogP contribution in [0.15, 0.2) is 110 Å². The Morgan fingerprint density at radius 2 is 1.41 bits per heavy atom. The highest BCUT2D eigenvalue weighted by molar-refractivity contribution is 5.88. The molecule has 2 aliphatic heterocycles. The minimum Gasteiger partial charge on any atom is -0.428 e. The van der Waals surface area contributed by atoms with Crippen LogP contribution in [0.25, 0.3) is 33.9 Å². The van der Waals surface area contributed by atoms with E-state index in [0.29, 0.717) is 23.8 Å². The van der Waals surface area contributed by atoms with Gasteiger partial charge < -0.3 is 30.7 Å². The molecule has 302 valence electrons. The van der Waals surface area contributed by atoms with Gasteiger partial charge in [-0.3, -0.25) is 14.5 Å². The van der Waals surface area contributed by atoms with E-state index >= 15 is 0 Å². The molecule has 0 unspecified atom stereocenters. The summed E-state index contributed by atoms with van der Waals surface area (Å²) in [6, 6.07) is 25.7. The van der Waals surface area contributed by atoms with Gasteiger partial charge in [-0.05, 0) is 63.7 Å². The molecular weight excluding hydrogens is 745 g/mol. The summed E-state index contributed by atoms with van der Waals surface area (Å²) in [6.45, 7) is 5.85. The number of primary amides is 1. The molecule has 4 atom stereocenters. The molecule has 0 radical (unpaired) electrons. The normalized spacial score (nSPS) is 17.8. The Hall–Kier alpha value is -6.67. The first-order valence-electron chi connectivity index (χ1n) is 20.2. The lowest BCUT2D eigenvalue weighted by molar-refractivity contribution is -0.140.